The number of hydrogen-bond acceptors (Lipinski definition) is 3. The summed E-state index contributed by atoms with van der Waals surface area (Å²) in [6, 6.07) is 45.6. The average molecular weight is 630 g/mol. The molecule has 4 heteroatoms. The van der Waals surface area contributed by atoms with Crippen molar-refractivity contribution in [1.82, 2.24) is 9.55 Å². The molecule has 8 aromatic rings. The topological polar surface area (TPSA) is 50.8 Å². The zero-order valence-electron chi connectivity index (χ0n) is 27.5. The van der Waals surface area contributed by atoms with Crippen LogP contribution in [0.3, 0.4) is 0 Å². The van der Waals surface area contributed by atoms with Gasteiger partial charge in [0.1, 0.15) is 11.3 Å². The fraction of sp³-hybridized carbons (Fsp3) is 0.111. The van der Waals surface area contributed by atoms with Gasteiger partial charge in [0, 0.05) is 17.4 Å². The summed E-state index contributed by atoms with van der Waals surface area (Å²) < 4.78 is 8.94. The predicted octanol–water partition coefficient (Wildman–Crippen LogP) is 11.5. The molecule has 0 saturated heterocycles. The molecule has 0 atom stereocenters. The molecule has 1 aromatic heterocycles. The lowest BCUT2D eigenvalue weighted by atomic mass is 9.80. The molecule has 2 aliphatic rings. The van der Waals surface area contributed by atoms with Gasteiger partial charge in [0.15, 0.2) is 11.5 Å². The summed E-state index contributed by atoms with van der Waals surface area (Å²) in [5.41, 5.74) is 13.2. The number of aromatic nitrogens is 2. The first-order valence-corrected chi connectivity index (χ1v) is 16.9. The van der Waals surface area contributed by atoms with E-state index in [-0.39, 0.29) is 5.41 Å². The van der Waals surface area contributed by atoms with Crippen molar-refractivity contribution in [2.75, 3.05) is 0 Å². The number of hydrogen-bond donors (Lipinski definition) is 0. The number of ether oxygens (including phenoxy) is 1. The van der Waals surface area contributed by atoms with Crippen LogP contribution in [-0.4, -0.2) is 9.55 Å². The number of nitrogens with zero attached hydrogens (tertiary/aromatic N) is 3. The van der Waals surface area contributed by atoms with Crippen LogP contribution < -0.4 is 4.74 Å². The molecular weight excluding hydrogens is 599 g/mol. The van der Waals surface area contributed by atoms with E-state index in [2.05, 4.69) is 135 Å². The number of fused-ring (bicyclic) bond motifs is 7. The maximum absolute atomic E-state index is 9.65. The van der Waals surface area contributed by atoms with Crippen molar-refractivity contribution in [2.24, 2.45) is 0 Å². The Kier molecular flexibility index (Phi) is 5.64. The smallest absolute Gasteiger partial charge is 0.153 e. The number of para-hydroxylation sites is 2. The first kappa shape index (κ1) is 27.9. The molecule has 1 aliphatic heterocycles. The average Bonchev–Trinajstić information content (AvgIpc) is 3.63. The highest BCUT2D eigenvalue weighted by Gasteiger charge is 2.36. The molecule has 0 saturated carbocycles. The zero-order chi connectivity index (χ0) is 33.0. The van der Waals surface area contributed by atoms with Crippen molar-refractivity contribution < 1.29 is 4.74 Å². The molecule has 49 heavy (non-hydrogen) atoms. The Bertz CT molecular complexity index is 2720. The lowest BCUT2D eigenvalue weighted by Crippen LogP contribution is -2.15. The second kappa shape index (κ2) is 9.92. The number of aryl methyl sites for hydroxylation is 1. The lowest BCUT2D eigenvalue weighted by molar-refractivity contribution is 0.474. The van der Waals surface area contributed by atoms with Crippen molar-refractivity contribution in [3.63, 3.8) is 0 Å². The van der Waals surface area contributed by atoms with Crippen molar-refractivity contribution in [2.45, 2.75) is 32.6 Å². The molecule has 0 bridgehead atoms. The fourth-order valence-electron chi connectivity index (χ4n) is 8.55. The first-order valence-electron chi connectivity index (χ1n) is 16.9. The number of benzene rings is 7. The maximum Gasteiger partial charge on any atom is 0.153 e. The summed E-state index contributed by atoms with van der Waals surface area (Å²) in [4.78, 5) is 5.05. The third-order valence-corrected chi connectivity index (χ3v) is 10.8. The highest BCUT2D eigenvalue weighted by molar-refractivity contribution is 6.22. The molecular formula is C45H31N3O. The third-order valence-electron chi connectivity index (χ3n) is 10.8. The van der Waals surface area contributed by atoms with Crippen LogP contribution in [0.25, 0.3) is 71.6 Å². The van der Waals surface area contributed by atoms with Gasteiger partial charge >= 0.3 is 0 Å². The van der Waals surface area contributed by atoms with Gasteiger partial charge in [-0.15, -0.1) is 0 Å². The molecule has 2 heterocycles. The van der Waals surface area contributed by atoms with Crippen molar-refractivity contribution in [3.8, 4) is 56.6 Å². The van der Waals surface area contributed by atoms with Gasteiger partial charge in [-0.25, -0.2) is 4.98 Å². The Labute approximate surface area is 284 Å². The molecule has 0 unspecified atom stereocenters. The van der Waals surface area contributed by atoms with Crippen molar-refractivity contribution >= 4 is 32.6 Å². The van der Waals surface area contributed by atoms with E-state index in [1.807, 2.05) is 18.2 Å². The Morgan fingerprint density at radius 2 is 1.31 bits per heavy atom. The van der Waals surface area contributed by atoms with Gasteiger partial charge < -0.3 is 4.74 Å². The first-order chi connectivity index (χ1) is 24.0. The zero-order valence-corrected chi connectivity index (χ0v) is 27.5. The van der Waals surface area contributed by atoms with Gasteiger partial charge in [0.05, 0.1) is 22.8 Å². The predicted molar refractivity (Wildman–Crippen MR) is 199 cm³/mol. The lowest BCUT2D eigenvalue weighted by Gasteiger charge is -2.26. The van der Waals surface area contributed by atoms with E-state index >= 15 is 0 Å². The van der Waals surface area contributed by atoms with Gasteiger partial charge in [-0.2, -0.15) is 5.26 Å². The summed E-state index contributed by atoms with van der Waals surface area (Å²) in [6.45, 7) is 6.72. The van der Waals surface area contributed by atoms with Crippen LogP contribution >= 0.6 is 0 Å². The normalized spacial score (nSPS) is 13.6. The molecule has 0 radical (unpaired) electrons. The van der Waals surface area contributed by atoms with Crippen LogP contribution in [0.5, 0.6) is 11.5 Å². The van der Waals surface area contributed by atoms with E-state index in [1.165, 1.54) is 60.5 Å². The molecule has 232 valence electrons. The van der Waals surface area contributed by atoms with Crippen LogP contribution in [0.15, 0.2) is 121 Å². The van der Waals surface area contributed by atoms with Crippen molar-refractivity contribution in [1.29, 1.82) is 5.26 Å². The van der Waals surface area contributed by atoms with E-state index in [0.717, 1.165) is 46.0 Å². The molecule has 0 N–H and O–H groups in total. The Morgan fingerprint density at radius 3 is 2.00 bits per heavy atom. The van der Waals surface area contributed by atoms with E-state index in [1.54, 1.807) is 0 Å². The third kappa shape index (κ3) is 3.70. The Hall–Kier alpha value is -6.18. The minimum atomic E-state index is -0.231. The molecule has 1 aliphatic carbocycles. The quantitative estimate of drug-likeness (QED) is 0.183. The summed E-state index contributed by atoms with van der Waals surface area (Å²) >= 11 is 0. The monoisotopic (exact) mass is 629 g/mol. The SMILES string of the molecule is CCc1nc2cccc3c2n1-c1c(cccc1-c1c2ccccc2c(-c2ccc4c(c2)C(C)(C)c2cc(C#N)ccc2-4)c2ccccc12)O3. The van der Waals surface area contributed by atoms with Crippen LogP contribution in [-0.2, 0) is 11.8 Å². The molecule has 0 amide bonds. The minimum Gasteiger partial charge on any atom is -0.453 e. The molecule has 7 aromatic carbocycles. The van der Waals surface area contributed by atoms with Gasteiger partial charge in [-0.05, 0) is 96.9 Å². The number of rotatable bonds is 3. The molecule has 0 fully saturated rings. The summed E-state index contributed by atoms with van der Waals surface area (Å²) in [7, 11) is 0. The largest absolute Gasteiger partial charge is 0.453 e. The van der Waals surface area contributed by atoms with Gasteiger partial charge in [-0.3, -0.25) is 4.57 Å². The van der Waals surface area contributed by atoms with E-state index in [4.69, 9.17) is 9.72 Å². The van der Waals surface area contributed by atoms with Crippen LogP contribution in [0.4, 0.5) is 0 Å². The standard InChI is InChI=1S/C45H31N3O/c1-4-40-47-37-16-10-18-39-44(37)48(40)43-34(15-9-17-38(43)49-39)42-32-13-7-5-11-30(32)41(31-12-6-8-14-33(31)42)27-20-22-29-28-21-19-26(25-46)23-35(28)45(2,3)36(29)24-27/h5-24H,4H2,1-3H3. The number of imidazole rings is 1. The van der Waals surface area contributed by atoms with Gasteiger partial charge in [0.25, 0.3) is 0 Å². The molecule has 4 nitrogen and oxygen atoms in total. The molecule has 0 spiro atoms. The number of nitriles is 1. The van der Waals surface area contributed by atoms with Crippen LogP contribution in [0, 0.1) is 11.3 Å². The highest BCUT2D eigenvalue weighted by Crippen LogP contribution is 2.53. The second-order valence-electron chi connectivity index (χ2n) is 13.7. The molecule has 10 rings (SSSR count). The van der Waals surface area contributed by atoms with Crippen LogP contribution in [0.1, 0.15) is 43.3 Å². The van der Waals surface area contributed by atoms with E-state index < -0.39 is 0 Å². The van der Waals surface area contributed by atoms with Gasteiger partial charge in [0.2, 0.25) is 0 Å². The Balaban J connectivity index is 1.26. The summed E-state index contributed by atoms with van der Waals surface area (Å²) in [6.07, 6.45) is 0.804. The Morgan fingerprint density at radius 1 is 0.673 bits per heavy atom. The second-order valence-corrected chi connectivity index (χ2v) is 13.7. The minimum absolute atomic E-state index is 0.231. The maximum atomic E-state index is 9.65. The highest BCUT2D eigenvalue weighted by atomic mass is 16.5. The van der Waals surface area contributed by atoms with Gasteiger partial charge in [-0.1, -0.05) is 106 Å². The van der Waals surface area contributed by atoms with Crippen molar-refractivity contribution in [3.05, 3.63) is 144 Å². The van der Waals surface area contributed by atoms with Crippen LogP contribution in [0.2, 0.25) is 0 Å². The summed E-state index contributed by atoms with van der Waals surface area (Å²) in [5.74, 6) is 2.70. The fourth-order valence-corrected chi connectivity index (χ4v) is 8.55. The van der Waals surface area contributed by atoms with E-state index in [0.29, 0.717) is 5.56 Å². The summed E-state index contributed by atoms with van der Waals surface area (Å²) in [5, 5.41) is 14.5. The van der Waals surface area contributed by atoms with E-state index in [9.17, 15) is 5.26 Å².